The SMILES string of the molecule is COc1ccc2ccc(S(=O)(=O)NC(Cc3cccc(C(=N)N)c3)c3cc[nH]c(=O)c3C3CCNC3)cc2c1. The van der Waals surface area contributed by atoms with Crippen molar-refractivity contribution in [3.05, 3.63) is 106 Å². The number of rotatable bonds is 9. The van der Waals surface area contributed by atoms with Crippen molar-refractivity contribution in [3.8, 4) is 5.75 Å². The maximum atomic E-state index is 13.8. The van der Waals surface area contributed by atoms with E-state index in [0.717, 1.165) is 29.3 Å². The maximum Gasteiger partial charge on any atom is 0.251 e. The van der Waals surface area contributed by atoms with Crippen molar-refractivity contribution in [2.75, 3.05) is 20.2 Å². The summed E-state index contributed by atoms with van der Waals surface area (Å²) < 4.78 is 35.8. The van der Waals surface area contributed by atoms with Crippen LogP contribution in [0.5, 0.6) is 5.75 Å². The fraction of sp³-hybridized carbons (Fsp3) is 0.241. The molecule has 0 bridgehead atoms. The number of nitrogens with one attached hydrogen (secondary N) is 4. The fourth-order valence-electron chi connectivity index (χ4n) is 5.20. The number of pyridine rings is 1. The van der Waals surface area contributed by atoms with E-state index in [1.807, 2.05) is 18.2 Å². The van der Waals surface area contributed by atoms with Gasteiger partial charge in [0.05, 0.1) is 18.0 Å². The highest BCUT2D eigenvalue weighted by Gasteiger charge is 2.29. The highest BCUT2D eigenvalue weighted by Crippen LogP contribution is 2.31. The first-order valence-corrected chi connectivity index (χ1v) is 14.2. The van der Waals surface area contributed by atoms with E-state index < -0.39 is 16.1 Å². The average Bonchev–Trinajstić information content (AvgIpc) is 3.46. The average molecular weight is 546 g/mol. The summed E-state index contributed by atoms with van der Waals surface area (Å²) in [6.07, 6.45) is 2.60. The summed E-state index contributed by atoms with van der Waals surface area (Å²) in [5.74, 6) is 0.523. The molecule has 9 nitrogen and oxygen atoms in total. The van der Waals surface area contributed by atoms with Gasteiger partial charge in [0.15, 0.2) is 0 Å². The molecule has 4 aromatic rings. The molecule has 202 valence electrons. The summed E-state index contributed by atoms with van der Waals surface area (Å²) in [4.78, 5) is 15.9. The number of fused-ring (bicyclic) bond motifs is 1. The Bertz CT molecular complexity index is 1690. The lowest BCUT2D eigenvalue weighted by Gasteiger charge is -2.24. The molecule has 2 atom stereocenters. The molecule has 1 fully saturated rings. The number of aromatic amines is 1. The Morgan fingerprint density at radius 3 is 2.69 bits per heavy atom. The minimum Gasteiger partial charge on any atom is -0.497 e. The number of nitrogen functional groups attached to an aromatic ring is 1. The number of methoxy groups -OCH3 is 1. The van der Waals surface area contributed by atoms with E-state index in [4.69, 9.17) is 15.9 Å². The summed E-state index contributed by atoms with van der Waals surface area (Å²) in [5.41, 5.74) is 8.03. The summed E-state index contributed by atoms with van der Waals surface area (Å²) in [6.45, 7) is 1.43. The van der Waals surface area contributed by atoms with Gasteiger partial charge in [-0.1, -0.05) is 30.3 Å². The molecule has 39 heavy (non-hydrogen) atoms. The zero-order valence-electron chi connectivity index (χ0n) is 21.5. The molecule has 1 aromatic heterocycles. The molecular formula is C29H31N5O4S. The van der Waals surface area contributed by atoms with E-state index in [0.29, 0.717) is 29.0 Å². The number of sulfonamides is 1. The smallest absolute Gasteiger partial charge is 0.251 e. The Labute approximate surface area is 227 Å². The number of aromatic nitrogens is 1. The standard InChI is InChI=1S/C29H31N5O4S/c1-38-23-7-5-19-6-8-24(16-22(19)15-23)39(36,37)34-26(14-18-3-2-4-20(13-18)28(30)31)25-10-12-33-29(35)27(25)21-9-11-32-17-21/h2-8,10,12-13,15-16,21,26,32,34H,9,11,14,17H2,1H3,(H3,30,31)(H,33,35). The lowest BCUT2D eigenvalue weighted by molar-refractivity contribution is 0.415. The van der Waals surface area contributed by atoms with Crippen LogP contribution in [0.25, 0.3) is 10.8 Å². The first-order valence-electron chi connectivity index (χ1n) is 12.7. The predicted octanol–water partition coefficient (Wildman–Crippen LogP) is 3.16. The Balaban J connectivity index is 1.58. The number of hydrogen-bond acceptors (Lipinski definition) is 6. The largest absolute Gasteiger partial charge is 0.497 e. The van der Waals surface area contributed by atoms with E-state index in [1.165, 1.54) is 0 Å². The van der Waals surface area contributed by atoms with Gasteiger partial charge in [-0.05, 0) is 77.7 Å². The van der Waals surface area contributed by atoms with Crippen LogP contribution in [0, 0.1) is 5.41 Å². The number of amidine groups is 1. The molecule has 0 spiro atoms. The normalized spacial score (nSPS) is 16.3. The number of H-pyrrole nitrogens is 1. The third-order valence-electron chi connectivity index (χ3n) is 7.18. The molecule has 0 radical (unpaired) electrons. The van der Waals surface area contributed by atoms with Crippen LogP contribution in [0.15, 0.2) is 82.6 Å². The van der Waals surface area contributed by atoms with Gasteiger partial charge in [-0.25, -0.2) is 13.1 Å². The van der Waals surface area contributed by atoms with Crippen LogP contribution in [0.4, 0.5) is 0 Å². The van der Waals surface area contributed by atoms with Gasteiger partial charge in [0.1, 0.15) is 11.6 Å². The molecule has 5 rings (SSSR count). The molecule has 0 saturated carbocycles. The fourth-order valence-corrected chi connectivity index (χ4v) is 6.45. The van der Waals surface area contributed by atoms with Crippen molar-refractivity contribution in [2.24, 2.45) is 5.73 Å². The minimum atomic E-state index is -4.00. The zero-order valence-corrected chi connectivity index (χ0v) is 22.3. The van der Waals surface area contributed by atoms with Crippen LogP contribution in [0.1, 0.15) is 40.6 Å². The van der Waals surface area contributed by atoms with Gasteiger partial charge < -0.3 is 20.8 Å². The molecule has 6 N–H and O–H groups in total. The molecule has 1 aliphatic rings. The van der Waals surface area contributed by atoms with Crippen molar-refractivity contribution < 1.29 is 13.2 Å². The predicted molar refractivity (Wildman–Crippen MR) is 152 cm³/mol. The molecule has 0 aliphatic carbocycles. The van der Waals surface area contributed by atoms with E-state index in [1.54, 1.807) is 61.8 Å². The molecule has 1 aliphatic heterocycles. The van der Waals surface area contributed by atoms with Crippen LogP contribution in [-0.2, 0) is 16.4 Å². The molecule has 2 unspecified atom stereocenters. The second-order valence-corrected chi connectivity index (χ2v) is 11.4. The lowest BCUT2D eigenvalue weighted by Crippen LogP contribution is -2.33. The lowest BCUT2D eigenvalue weighted by atomic mass is 9.89. The molecule has 0 amide bonds. The first kappa shape index (κ1) is 26.6. The van der Waals surface area contributed by atoms with Crippen molar-refractivity contribution in [3.63, 3.8) is 0 Å². The molecule has 1 saturated heterocycles. The van der Waals surface area contributed by atoms with Crippen LogP contribution >= 0.6 is 0 Å². The van der Waals surface area contributed by atoms with Gasteiger partial charge in [0.2, 0.25) is 10.0 Å². The summed E-state index contributed by atoms with van der Waals surface area (Å²) >= 11 is 0. The zero-order chi connectivity index (χ0) is 27.6. The molecule has 2 heterocycles. The van der Waals surface area contributed by atoms with Gasteiger partial charge in [-0.3, -0.25) is 10.2 Å². The second-order valence-electron chi connectivity index (χ2n) is 9.73. The van der Waals surface area contributed by atoms with Crippen molar-refractivity contribution in [1.82, 2.24) is 15.0 Å². The number of benzene rings is 3. The third kappa shape index (κ3) is 5.73. The Morgan fingerprint density at radius 2 is 1.95 bits per heavy atom. The van der Waals surface area contributed by atoms with Crippen LogP contribution < -0.4 is 26.1 Å². The second kappa shape index (κ2) is 11.0. The summed E-state index contributed by atoms with van der Waals surface area (Å²) in [7, 11) is -2.44. The number of ether oxygens (including phenoxy) is 1. The van der Waals surface area contributed by atoms with E-state index in [9.17, 15) is 13.2 Å². The van der Waals surface area contributed by atoms with Crippen molar-refractivity contribution in [2.45, 2.75) is 29.7 Å². The topological polar surface area (TPSA) is 150 Å². The van der Waals surface area contributed by atoms with Gasteiger partial charge in [0.25, 0.3) is 5.56 Å². The summed E-state index contributed by atoms with van der Waals surface area (Å²) in [5, 5.41) is 12.7. The van der Waals surface area contributed by atoms with Crippen LogP contribution in [0.2, 0.25) is 0 Å². The minimum absolute atomic E-state index is 0.0337. The van der Waals surface area contributed by atoms with Crippen LogP contribution in [-0.4, -0.2) is 39.4 Å². The van der Waals surface area contributed by atoms with Gasteiger partial charge in [0, 0.05) is 29.8 Å². The van der Waals surface area contributed by atoms with Crippen LogP contribution in [0.3, 0.4) is 0 Å². The third-order valence-corrected chi connectivity index (χ3v) is 8.65. The Hall–Kier alpha value is -3.99. The number of nitrogens with two attached hydrogens (primary N) is 1. The quantitative estimate of drug-likeness (QED) is 0.161. The monoisotopic (exact) mass is 545 g/mol. The van der Waals surface area contributed by atoms with Crippen molar-refractivity contribution in [1.29, 1.82) is 5.41 Å². The van der Waals surface area contributed by atoms with Crippen molar-refractivity contribution >= 4 is 26.6 Å². The molecular weight excluding hydrogens is 514 g/mol. The van der Waals surface area contributed by atoms with Gasteiger partial charge in [-0.2, -0.15) is 0 Å². The first-order chi connectivity index (χ1) is 18.7. The van der Waals surface area contributed by atoms with E-state index in [2.05, 4.69) is 15.0 Å². The highest BCUT2D eigenvalue weighted by molar-refractivity contribution is 7.89. The summed E-state index contributed by atoms with van der Waals surface area (Å²) in [6, 6.07) is 18.6. The maximum absolute atomic E-state index is 13.8. The Kier molecular flexibility index (Phi) is 7.51. The number of hydrogen-bond donors (Lipinski definition) is 5. The van der Waals surface area contributed by atoms with Gasteiger partial charge >= 0.3 is 0 Å². The Morgan fingerprint density at radius 1 is 1.13 bits per heavy atom. The van der Waals surface area contributed by atoms with E-state index in [-0.39, 0.29) is 28.6 Å². The van der Waals surface area contributed by atoms with Gasteiger partial charge in [-0.15, -0.1) is 0 Å². The van der Waals surface area contributed by atoms with E-state index >= 15 is 0 Å². The molecule has 10 heteroatoms. The molecule has 3 aromatic carbocycles. The highest BCUT2D eigenvalue weighted by atomic mass is 32.2.